The molecular weight excluding hydrogens is 366 g/mol. The maximum absolute atomic E-state index is 11.8. The minimum Gasteiger partial charge on any atom is -0.365 e. The van der Waals surface area contributed by atoms with Gasteiger partial charge in [-0.25, -0.2) is 9.97 Å². The maximum atomic E-state index is 11.8. The number of aromatic nitrogens is 4. The quantitative estimate of drug-likeness (QED) is 0.688. The molecule has 1 N–H and O–H groups in total. The number of H-pyrrole nitrogens is 1. The number of carbonyl (C=O) groups is 1. The molecule has 1 amide bonds. The van der Waals surface area contributed by atoms with Crippen molar-refractivity contribution in [2.24, 2.45) is 0 Å². The highest BCUT2D eigenvalue weighted by atomic mass is 16.2. The first kappa shape index (κ1) is 17.7. The fourth-order valence-electron chi connectivity index (χ4n) is 4.31. The lowest BCUT2D eigenvalue weighted by Crippen LogP contribution is -2.49. The number of anilines is 2. The molecule has 0 radical (unpaired) electrons. The van der Waals surface area contributed by atoms with Crippen LogP contribution in [0.25, 0.3) is 10.9 Å². The van der Waals surface area contributed by atoms with Crippen LogP contribution in [-0.4, -0.2) is 63.7 Å². The van der Waals surface area contributed by atoms with Gasteiger partial charge < -0.3 is 14.7 Å². The van der Waals surface area contributed by atoms with E-state index < -0.39 is 0 Å². The number of nitrogens with one attached hydrogen (secondary N) is 1. The second kappa shape index (κ2) is 7.20. The van der Waals surface area contributed by atoms with E-state index in [1.165, 1.54) is 17.3 Å². The number of hydrogen-bond acceptors (Lipinski definition) is 6. The van der Waals surface area contributed by atoms with Crippen LogP contribution in [0.1, 0.15) is 11.3 Å². The number of nitrogens with zero attached hydrogens (tertiary/aromatic N) is 6. The average molecular weight is 389 g/mol. The van der Waals surface area contributed by atoms with Gasteiger partial charge in [-0.05, 0) is 24.6 Å². The zero-order valence-electron chi connectivity index (χ0n) is 16.2. The van der Waals surface area contributed by atoms with E-state index in [0.29, 0.717) is 13.1 Å². The number of carbonyl (C=O) groups excluding carboxylic acids is 1. The van der Waals surface area contributed by atoms with Crippen LogP contribution in [0.5, 0.6) is 0 Å². The van der Waals surface area contributed by atoms with Gasteiger partial charge in [0.05, 0.1) is 24.0 Å². The Kier molecular flexibility index (Phi) is 4.38. The first-order valence-corrected chi connectivity index (χ1v) is 9.90. The highest BCUT2D eigenvalue weighted by molar-refractivity contribution is 5.91. The molecule has 29 heavy (non-hydrogen) atoms. The molecule has 1 fully saturated rings. The zero-order chi connectivity index (χ0) is 19.8. The summed E-state index contributed by atoms with van der Waals surface area (Å²) in [6.07, 6.45) is 5.83. The molecule has 3 aromatic rings. The van der Waals surface area contributed by atoms with Crippen molar-refractivity contribution in [1.29, 1.82) is 0 Å². The molecule has 2 aliphatic heterocycles. The van der Waals surface area contributed by atoms with Crippen LogP contribution in [0.3, 0.4) is 0 Å². The Morgan fingerprint density at radius 2 is 1.97 bits per heavy atom. The first-order chi connectivity index (χ1) is 14.2. The van der Waals surface area contributed by atoms with Crippen molar-refractivity contribution in [3.05, 3.63) is 54.6 Å². The number of aromatic amines is 1. The number of hydrogen-bond donors (Lipinski definition) is 1. The van der Waals surface area contributed by atoms with Crippen LogP contribution in [0.2, 0.25) is 0 Å². The summed E-state index contributed by atoms with van der Waals surface area (Å²) < 4.78 is 0. The number of rotatable bonds is 3. The third-order valence-electron chi connectivity index (χ3n) is 5.85. The van der Waals surface area contributed by atoms with E-state index in [4.69, 9.17) is 0 Å². The smallest absolute Gasteiger partial charge is 0.246 e. The van der Waals surface area contributed by atoms with Gasteiger partial charge in [0.1, 0.15) is 12.1 Å². The van der Waals surface area contributed by atoms with E-state index in [0.717, 1.165) is 55.0 Å². The number of piperazine rings is 1. The average Bonchev–Trinajstić information content (AvgIpc) is 3.27. The SMILES string of the molecule is C=CC(=O)N1CCN(c2ncnc3c2CCN(c2cccc4[nH]ncc24)C3)CC1. The van der Waals surface area contributed by atoms with Crippen LogP contribution >= 0.6 is 0 Å². The molecule has 0 saturated carbocycles. The Labute approximate surface area is 168 Å². The zero-order valence-corrected chi connectivity index (χ0v) is 16.2. The minimum atomic E-state index is -0.00145. The Hall–Kier alpha value is -3.42. The van der Waals surface area contributed by atoms with E-state index >= 15 is 0 Å². The normalized spacial score (nSPS) is 16.8. The monoisotopic (exact) mass is 389 g/mol. The van der Waals surface area contributed by atoms with Crippen LogP contribution in [0, 0.1) is 0 Å². The second-order valence-corrected chi connectivity index (χ2v) is 7.42. The molecule has 0 spiro atoms. The molecule has 4 heterocycles. The standard InChI is InChI=1S/C21H23N7O/c1-2-20(29)26-8-10-27(11-9-26)21-15-6-7-28(13-18(15)22-14-23-21)19-5-3-4-17-16(19)12-24-25-17/h2-5,12,14H,1,6-11,13H2,(H,24,25). The third kappa shape index (κ3) is 3.10. The first-order valence-electron chi connectivity index (χ1n) is 9.90. The van der Waals surface area contributed by atoms with E-state index in [1.54, 1.807) is 6.33 Å². The van der Waals surface area contributed by atoms with E-state index in [2.05, 4.69) is 48.7 Å². The van der Waals surface area contributed by atoms with Crippen molar-refractivity contribution in [3.8, 4) is 0 Å². The van der Waals surface area contributed by atoms with E-state index in [1.807, 2.05) is 17.2 Å². The van der Waals surface area contributed by atoms with Gasteiger partial charge in [-0.1, -0.05) is 12.6 Å². The van der Waals surface area contributed by atoms with Gasteiger partial charge in [-0.3, -0.25) is 9.89 Å². The molecule has 0 aliphatic carbocycles. The maximum Gasteiger partial charge on any atom is 0.246 e. The number of fused-ring (bicyclic) bond motifs is 2. The largest absolute Gasteiger partial charge is 0.365 e. The predicted octanol–water partition coefficient (Wildman–Crippen LogP) is 1.75. The van der Waals surface area contributed by atoms with Gasteiger partial charge in [0, 0.05) is 49.4 Å². The molecule has 5 rings (SSSR count). The van der Waals surface area contributed by atoms with Gasteiger partial charge >= 0.3 is 0 Å². The summed E-state index contributed by atoms with van der Waals surface area (Å²) in [7, 11) is 0. The summed E-state index contributed by atoms with van der Waals surface area (Å²) in [4.78, 5) is 27.5. The van der Waals surface area contributed by atoms with Crippen molar-refractivity contribution in [2.45, 2.75) is 13.0 Å². The molecule has 8 nitrogen and oxygen atoms in total. The molecule has 1 saturated heterocycles. The molecule has 1 aromatic carbocycles. The van der Waals surface area contributed by atoms with E-state index in [-0.39, 0.29) is 5.91 Å². The Morgan fingerprint density at radius 1 is 1.10 bits per heavy atom. The summed E-state index contributed by atoms with van der Waals surface area (Å²) in [5.74, 6) is 1.01. The van der Waals surface area contributed by atoms with E-state index in [9.17, 15) is 4.79 Å². The van der Waals surface area contributed by atoms with Gasteiger partial charge in [0.15, 0.2) is 0 Å². The third-order valence-corrected chi connectivity index (χ3v) is 5.85. The minimum absolute atomic E-state index is 0.00145. The van der Waals surface area contributed by atoms with Crippen LogP contribution < -0.4 is 9.80 Å². The lowest BCUT2D eigenvalue weighted by atomic mass is 10.0. The molecule has 8 heteroatoms. The molecule has 0 unspecified atom stereocenters. The van der Waals surface area contributed by atoms with Gasteiger partial charge in [0.25, 0.3) is 0 Å². The molecule has 0 bridgehead atoms. The summed E-state index contributed by atoms with van der Waals surface area (Å²) in [6.45, 7) is 8.19. The fourth-order valence-corrected chi connectivity index (χ4v) is 4.31. The summed E-state index contributed by atoms with van der Waals surface area (Å²) in [6, 6.07) is 6.24. The van der Waals surface area contributed by atoms with Gasteiger partial charge in [-0.2, -0.15) is 5.10 Å². The van der Waals surface area contributed by atoms with Crippen LogP contribution in [0.4, 0.5) is 11.5 Å². The fraction of sp³-hybridized carbons (Fsp3) is 0.333. The summed E-state index contributed by atoms with van der Waals surface area (Å²) in [5, 5.41) is 8.36. The van der Waals surface area contributed by atoms with Crippen molar-refractivity contribution >= 4 is 28.3 Å². The van der Waals surface area contributed by atoms with Crippen molar-refractivity contribution < 1.29 is 4.79 Å². The predicted molar refractivity (Wildman–Crippen MR) is 112 cm³/mol. The molecule has 0 atom stereocenters. The summed E-state index contributed by atoms with van der Waals surface area (Å²) in [5.41, 5.74) is 4.53. The van der Waals surface area contributed by atoms with Crippen molar-refractivity contribution in [2.75, 3.05) is 42.5 Å². The highest BCUT2D eigenvalue weighted by Gasteiger charge is 2.27. The topological polar surface area (TPSA) is 81.3 Å². The van der Waals surface area contributed by atoms with Crippen LogP contribution in [0.15, 0.2) is 43.4 Å². The lowest BCUT2D eigenvalue weighted by Gasteiger charge is -2.37. The lowest BCUT2D eigenvalue weighted by molar-refractivity contribution is -0.126. The molecule has 148 valence electrons. The Morgan fingerprint density at radius 3 is 2.79 bits per heavy atom. The van der Waals surface area contributed by atoms with Crippen molar-refractivity contribution in [1.82, 2.24) is 25.1 Å². The Balaban J connectivity index is 1.38. The number of amides is 1. The molecule has 2 aromatic heterocycles. The molecule has 2 aliphatic rings. The molecular formula is C21H23N7O. The second-order valence-electron chi connectivity index (χ2n) is 7.42. The van der Waals surface area contributed by atoms with Gasteiger partial charge in [0.2, 0.25) is 5.91 Å². The summed E-state index contributed by atoms with van der Waals surface area (Å²) >= 11 is 0. The highest BCUT2D eigenvalue weighted by Crippen LogP contribution is 2.32. The number of benzene rings is 1. The van der Waals surface area contributed by atoms with Crippen molar-refractivity contribution in [3.63, 3.8) is 0 Å². The van der Waals surface area contributed by atoms with Crippen LogP contribution in [-0.2, 0) is 17.8 Å². The van der Waals surface area contributed by atoms with Gasteiger partial charge in [-0.15, -0.1) is 0 Å². The Bertz CT molecular complexity index is 1070.